The Hall–Kier alpha value is -1.15. The van der Waals surface area contributed by atoms with Crippen molar-refractivity contribution in [2.45, 2.75) is 24.7 Å². The van der Waals surface area contributed by atoms with Crippen LogP contribution in [0.5, 0.6) is 0 Å². The Labute approximate surface area is 102 Å². The molecular weight excluding hydrogens is 248 g/mol. The van der Waals surface area contributed by atoms with Crippen LogP contribution in [0.25, 0.3) is 0 Å². The fourth-order valence-corrected chi connectivity index (χ4v) is 1.34. The third kappa shape index (κ3) is 7.70. The minimum Gasteiger partial charge on any atom is -0.479 e. The minimum atomic E-state index is -1.61. The van der Waals surface area contributed by atoms with E-state index in [1.807, 2.05) is 6.92 Å². The van der Waals surface area contributed by atoms with Gasteiger partial charge in [0.15, 0.2) is 6.10 Å². The lowest BCUT2D eigenvalue weighted by Gasteiger charge is -2.11. The van der Waals surface area contributed by atoms with Crippen molar-refractivity contribution in [3.8, 4) is 0 Å². The van der Waals surface area contributed by atoms with Crippen LogP contribution >= 0.6 is 0 Å². The standard InChI is InChI=1S/C9H18N2O5S/c1-6(17(2)16)3-4-10-9(15)11-5-7(12)8(13)14/h6-7,12H,3-5H2,1-2H3,(H,13,14)(H2,10,11,15)/t6?,7-,17?/m0/s1. The molecule has 0 saturated carbocycles. The third-order valence-electron chi connectivity index (χ3n) is 2.14. The van der Waals surface area contributed by atoms with Crippen LogP contribution in [0.15, 0.2) is 0 Å². The Morgan fingerprint density at radius 2 is 1.94 bits per heavy atom. The first-order chi connectivity index (χ1) is 7.84. The maximum atomic E-state index is 11.1. The predicted octanol–water partition coefficient (Wildman–Crippen LogP) is -1.11. The molecule has 0 aliphatic carbocycles. The number of carbonyl (C=O) groups excluding carboxylic acids is 1. The number of urea groups is 1. The van der Waals surface area contributed by atoms with Crippen LogP contribution in [0.3, 0.4) is 0 Å². The average molecular weight is 266 g/mol. The molecule has 0 aromatic carbocycles. The van der Waals surface area contributed by atoms with Gasteiger partial charge >= 0.3 is 12.0 Å². The van der Waals surface area contributed by atoms with Crippen LogP contribution < -0.4 is 10.6 Å². The van der Waals surface area contributed by atoms with E-state index in [4.69, 9.17) is 10.2 Å². The minimum absolute atomic E-state index is 0.0140. The van der Waals surface area contributed by atoms with Crippen LogP contribution in [0.1, 0.15) is 13.3 Å². The zero-order valence-corrected chi connectivity index (χ0v) is 10.6. The summed E-state index contributed by atoms with van der Waals surface area (Å²) in [4.78, 5) is 21.4. The molecule has 0 spiro atoms. The summed E-state index contributed by atoms with van der Waals surface area (Å²) in [6.07, 6.45) is 0.550. The second-order valence-corrected chi connectivity index (χ2v) is 5.39. The molecule has 100 valence electrons. The van der Waals surface area contributed by atoms with Crippen LogP contribution in [-0.2, 0) is 15.6 Å². The van der Waals surface area contributed by atoms with Crippen molar-refractivity contribution in [1.82, 2.24) is 10.6 Å². The molecule has 4 N–H and O–H groups in total. The van der Waals surface area contributed by atoms with Crippen molar-refractivity contribution in [1.29, 1.82) is 0 Å². The van der Waals surface area contributed by atoms with E-state index in [9.17, 15) is 13.8 Å². The highest BCUT2D eigenvalue weighted by molar-refractivity contribution is 7.84. The third-order valence-corrected chi connectivity index (χ3v) is 3.51. The SMILES string of the molecule is CC(CCNC(=O)NC[C@H](O)C(=O)O)S(C)=O. The fourth-order valence-electron chi connectivity index (χ4n) is 0.894. The number of carboxylic acids is 1. The summed E-state index contributed by atoms with van der Waals surface area (Å²) in [5, 5.41) is 21.9. The maximum absolute atomic E-state index is 11.1. The number of hydrogen-bond donors (Lipinski definition) is 4. The van der Waals surface area contributed by atoms with Gasteiger partial charge in [-0.05, 0) is 6.42 Å². The molecule has 0 aliphatic heterocycles. The number of aliphatic hydroxyl groups is 1. The molecule has 0 aromatic heterocycles. The molecule has 17 heavy (non-hydrogen) atoms. The molecule has 0 fully saturated rings. The summed E-state index contributed by atoms with van der Waals surface area (Å²) in [6.45, 7) is 1.80. The van der Waals surface area contributed by atoms with Crippen molar-refractivity contribution < 1.29 is 24.0 Å². The summed E-state index contributed by atoms with van der Waals surface area (Å²) < 4.78 is 11.0. The fraction of sp³-hybridized carbons (Fsp3) is 0.778. The van der Waals surface area contributed by atoms with E-state index in [2.05, 4.69) is 10.6 Å². The number of amides is 2. The van der Waals surface area contributed by atoms with Gasteiger partial charge in [0.05, 0.1) is 6.54 Å². The highest BCUT2D eigenvalue weighted by atomic mass is 32.2. The van der Waals surface area contributed by atoms with Gasteiger partial charge in [0, 0.05) is 28.9 Å². The summed E-state index contributed by atoms with van der Waals surface area (Å²) in [5.41, 5.74) is 0. The number of nitrogens with one attached hydrogen (secondary N) is 2. The van der Waals surface area contributed by atoms with Crippen molar-refractivity contribution in [3.63, 3.8) is 0 Å². The second kappa shape index (κ2) is 8.02. The molecule has 0 rings (SSSR count). The summed E-state index contributed by atoms with van der Waals surface area (Å²) in [7, 11) is -0.932. The van der Waals surface area contributed by atoms with Gasteiger partial charge in [-0.1, -0.05) is 6.92 Å². The van der Waals surface area contributed by atoms with E-state index in [0.717, 1.165) is 0 Å². The van der Waals surface area contributed by atoms with Crippen LogP contribution in [0, 0.1) is 0 Å². The number of carboxylic acid groups (broad SMARTS) is 1. The van der Waals surface area contributed by atoms with E-state index < -0.39 is 28.9 Å². The van der Waals surface area contributed by atoms with Gasteiger partial charge < -0.3 is 20.8 Å². The Bertz CT molecular complexity index is 297. The molecule has 3 atom stereocenters. The first-order valence-electron chi connectivity index (χ1n) is 5.09. The molecule has 7 nitrogen and oxygen atoms in total. The Morgan fingerprint density at radius 1 is 1.35 bits per heavy atom. The van der Waals surface area contributed by atoms with Gasteiger partial charge in [0.1, 0.15) is 0 Å². The molecule has 2 unspecified atom stereocenters. The molecule has 0 heterocycles. The highest BCUT2D eigenvalue weighted by Gasteiger charge is 2.14. The lowest BCUT2D eigenvalue weighted by Crippen LogP contribution is -2.42. The summed E-state index contributed by atoms with van der Waals surface area (Å²) >= 11 is 0. The van der Waals surface area contributed by atoms with E-state index in [0.29, 0.717) is 13.0 Å². The Morgan fingerprint density at radius 3 is 2.41 bits per heavy atom. The first-order valence-corrected chi connectivity index (χ1v) is 6.71. The predicted molar refractivity (Wildman–Crippen MR) is 63.2 cm³/mol. The topological polar surface area (TPSA) is 116 Å². The van der Waals surface area contributed by atoms with Crippen molar-refractivity contribution in [3.05, 3.63) is 0 Å². The molecule has 0 aromatic rings. The number of aliphatic carboxylic acids is 1. The summed E-state index contributed by atoms with van der Waals surface area (Å²) in [6, 6.07) is -0.556. The number of rotatable bonds is 7. The van der Waals surface area contributed by atoms with E-state index >= 15 is 0 Å². The molecule has 8 heteroatoms. The van der Waals surface area contributed by atoms with Crippen LogP contribution in [0.2, 0.25) is 0 Å². The van der Waals surface area contributed by atoms with Gasteiger partial charge in [0.25, 0.3) is 0 Å². The quantitative estimate of drug-likeness (QED) is 0.466. The molecule has 0 aliphatic rings. The summed E-state index contributed by atoms with van der Waals surface area (Å²) in [5.74, 6) is -1.39. The second-order valence-electron chi connectivity index (χ2n) is 3.59. The van der Waals surface area contributed by atoms with Gasteiger partial charge in [-0.2, -0.15) is 0 Å². The molecule has 0 bridgehead atoms. The van der Waals surface area contributed by atoms with Crippen molar-refractivity contribution >= 4 is 22.8 Å². The Kier molecular flexibility index (Phi) is 7.47. The van der Waals surface area contributed by atoms with Crippen LogP contribution in [-0.4, -0.2) is 57.1 Å². The van der Waals surface area contributed by atoms with Crippen LogP contribution in [0.4, 0.5) is 4.79 Å². The molecule has 2 amide bonds. The number of carbonyl (C=O) groups is 2. The van der Waals surface area contributed by atoms with Crippen molar-refractivity contribution in [2.24, 2.45) is 0 Å². The van der Waals surface area contributed by atoms with E-state index in [-0.39, 0.29) is 11.8 Å². The van der Waals surface area contributed by atoms with Gasteiger partial charge in [-0.3, -0.25) is 4.21 Å². The first kappa shape index (κ1) is 15.9. The largest absolute Gasteiger partial charge is 0.479 e. The van der Waals surface area contributed by atoms with E-state index in [1.165, 1.54) is 0 Å². The zero-order valence-electron chi connectivity index (χ0n) is 9.80. The van der Waals surface area contributed by atoms with Gasteiger partial charge in [0.2, 0.25) is 0 Å². The molecular formula is C9H18N2O5S. The average Bonchev–Trinajstić information content (AvgIpc) is 2.25. The Balaban J connectivity index is 3.67. The van der Waals surface area contributed by atoms with Crippen molar-refractivity contribution in [2.75, 3.05) is 19.3 Å². The molecule has 0 radical (unpaired) electrons. The van der Waals surface area contributed by atoms with E-state index in [1.54, 1.807) is 6.26 Å². The van der Waals surface area contributed by atoms with Gasteiger partial charge in [-0.25, -0.2) is 9.59 Å². The number of hydrogen-bond acceptors (Lipinski definition) is 4. The normalized spacial score (nSPS) is 15.7. The maximum Gasteiger partial charge on any atom is 0.334 e. The smallest absolute Gasteiger partial charge is 0.334 e. The monoisotopic (exact) mass is 266 g/mol. The zero-order chi connectivity index (χ0) is 13.4. The molecule has 0 saturated heterocycles. The highest BCUT2D eigenvalue weighted by Crippen LogP contribution is 1.96. The lowest BCUT2D eigenvalue weighted by molar-refractivity contribution is -0.146. The number of aliphatic hydroxyl groups excluding tert-OH is 1. The van der Waals surface area contributed by atoms with Gasteiger partial charge in [-0.15, -0.1) is 0 Å². The lowest BCUT2D eigenvalue weighted by atomic mass is 10.3.